The third kappa shape index (κ3) is 4.27. The molecule has 0 amide bonds. The van der Waals surface area contributed by atoms with Gasteiger partial charge in [-0.2, -0.15) is 0 Å². The van der Waals surface area contributed by atoms with Crippen molar-refractivity contribution < 1.29 is 0 Å². The van der Waals surface area contributed by atoms with E-state index >= 15 is 0 Å². The van der Waals surface area contributed by atoms with Gasteiger partial charge in [-0.05, 0) is 25.5 Å². The lowest BCUT2D eigenvalue weighted by Gasteiger charge is -1.96. The van der Waals surface area contributed by atoms with E-state index in [9.17, 15) is 0 Å². The summed E-state index contributed by atoms with van der Waals surface area (Å²) >= 11 is 1.67. The second-order valence-corrected chi connectivity index (χ2v) is 6.46. The van der Waals surface area contributed by atoms with Crippen LogP contribution in [0.2, 0.25) is 0 Å². The van der Waals surface area contributed by atoms with Crippen LogP contribution in [0.25, 0.3) is 23.4 Å². The minimum Gasteiger partial charge on any atom is -0.237 e. The van der Waals surface area contributed by atoms with Crippen LogP contribution in [0.15, 0.2) is 71.6 Å². The molecular weight excluding hydrogens is 298 g/mol. The van der Waals surface area contributed by atoms with E-state index in [2.05, 4.69) is 86.0 Å². The highest BCUT2D eigenvalue weighted by Crippen LogP contribution is 2.23. The Labute approximate surface area is 141 Å². The monoisotopic (exact) mass is 317 g/mol. The van der Waals surface area contributed by atoms with Crippen LogP contribution < -0.4 is 0 Å². The largest absolute Gasteiger partial charge is 0.237 e. The molecule has 114 valence electrons. The maximum atomic E-state index is 4.69. The third-order valence-electron chi connectivity index (χ3n) is 3.55. The van der Waals surface area contributed by atoms with Crippen LogP contribution in [-0.2, 0) is 0 Å². The van der Waals surface area contributed by atoms with Gasteiger partial charge in [0.25, 0.3) is 0 Å². The van der Waals surface area contributed by atoms with E-state index in [4.69, 9.17) is 4.98 Å². The van der Waals surface area contributed by atoms with E-state index in [0.717, 1.165) is 10.7 Å². The van der Waals surface area contributed by atoms with E-state index in [1.807, 2.05) is 6.07 Å². The van der Waals surface area contributed by atoms with Crippen molar-refractivity contribution in [3.05, 3.63) is 87.8 Å². The van der Waals surface area contributed by atoms with Gasteiger partial charge in [-0.15, -0.1) is 11.3 Å². The third-order valence-corrected chi connectivity index (χ3v) is 4.36. The summed E-state index contributed by atoms with van der Waals surface area (Å²) in [5, 5.41) is 3.14. The molecule has 0 aliphatic carbocycles. The number of hydrogen-bond donors (Lipinski definition) is 0. The molecule has 0 unspecified atom stereocenters. The fourth-order valence-electron chi connectivity index (χ4n) is 2.28. The van der Waals surface area contributed by atoms with Crippen molar-refractivity contribution in [2.45, 2.75) is 13.8 Å². The van der Waals surface area contributed by atoms with Crippen molar-refractivity contribution in [2.24, 2.45) is 0 Å². The van der Waals surface area contributed by atoms with E-state index in [1.165, 1.54) is 22.3 Å². The number of thiazole rings is 1. The van der Waals surface area contributed by atoms with Crippen molar-refractivity contribution in [3.8, 4) is 11.3 Å². The Bertz CT molecular complexity index is 824. The van der Waals surface area contributed by atoms with Crippen molar-refractivity contribution in [1.29, 1.82) is 0 Å². The van der Waals surface area contributed by atoms with Gasteiger partial charge in [0.1, 0.15) is 5.01 Å². The number of aryl methyl sites for hydroxylation is 1. The molecule has 23 heavy (non-hydrogen) atoms. The Kier molecular flexibility index (Phi) is 4.84. The standard InChI is InChI=1S/C21H19NS/c1-16-8-11-19(12-9-16)20-15-23-21(22-20)13-10-17(2)14-18-6-4-3-5-7-18/h3-15H,1-2H3/b13-10+,17-14+. The van der Waals surface area contributed by atoms with Crippen LogP contribution in [-0.4, -0.2) is 4.98 Å². The lowest BCUT2D eigenvalue weighted by Crippen LogP contribution is -1.79. The van der Waals surface area contributed by atoms with E-state index in [1.54, 1.807) is 11.3 Å². The molecule has 2 heteroatoms. The molecule has 1 aromatic heterocycles. The molecule has 0 atom stereocenters. The van der Waals surface area contributed by atoms with Gasteiger partial charge in [-0.3, -0.25) is 0 Å². The SMILES string of the molecule is CC(/C=C/c1nc(-c2ccc(C)cc2)cs1)=C\c1ccccc1. The fraction of sp³-hybridized carbons (Fsp3) is 0.0952. The van der Waals surface area contributed by atoms with E-state index in [-0.39, 0.29) is 0 Å². The molecule has 1 nitrogen and oxygen atoms in total. The summed E-state index contributed by atoms with van der Waals surface area (Å²) in [6.45, 7) is 4.21. The Hall–Kier alpha value is -2.45. The van der Waals surface area contributed by atoms with Crippen molar-refractivity contribution in [2.75, 3.05) is 0 Å². The Morgan fingerprint density at radius 1 is 1.00 bits per heavy atom. The van der Waals surface area contributed by atoms with Crippen LogP contribution in [0.1, 0.15) is 23.1 Å². The van der Waals surface area contributed by atoms with Crippen LogP contribution in [0.3, 0.4) is 0 Å². The van der Waals surface area contributed by atoms with Crippen LogP contribution in [0.5, 0.6) is 0 Å². The van der Waals surface area contributed by atoms with Gasteiger partial charge in [0.2, 0.25) is 0 Å². The molecule has 3 aromatic rings. The summed E-state index contributed by atoms with van der Waals surface area (Å²) in [6.07, 6.45) is 6.37. The van der Waals surface area contributed by atoms with Gasteiger partial charge in [-0.1, -0.05) is 77.9 Å². The molecule has 0 aliphatic heterocycles. The van der Waals surface area contributed by atoms with Crippen molar-refractivity contribution in [1.82, 2.24) is 4.98 Å². The van der Waals surface area contributed by atoms with E-state index in [0.29, 0.717) is 0 Å². The predicted octanol–water partition coefficient (Wildman–Crippen LogP) is 6.24. The number of rotatable bonds is 4. The number of aromatic nitrogens is 1. The minimum atomic E-state index is 1.03. The summed E-state index contributed by atoms with van der Waals surface area (Å²) < 4.78 is 0. The average Bonchev–Trinajstić information content (AvgIpc) is 3.04. The molecule has 3 rings (SSSR count). The zero-order chi connectivity index (χ0) is 16.1. The fourth-order valence-corrected chi connectivity index (χ4v) is 3.00. The van der Waals surface area contributed by atoms with Crippen LogP contribution in [0, 0.1) is 6.92 Å². The zero-order valence-corrected chi connectivity index (χ0v) is 14.2. The molecule has 0 spiro atoms. The lowest BCUT2D eigenvalue weighted by molar-refractivity contribution is 1.37. The lowest BCUT2D eigenvalue weighted by atomic mass is 10.1. The molecule has 0 N–H and O–H groups in total. The number of nitrogens with zero attached hydrogens (tertiary/aromatic N) is 1. The van der Waals surface area contributed by atoms with Crippen molar-refractivity contribution in [3.63, 3.8) is 0 Å². The molecule has 0 bridgehead atoms. The number of hydrogen-bond acceptors (Lipinski definition) is 2. The molecule has 0 saturated heterocycles. The highest BCUT2D eigenvalue weighted by atomic mass is 32.1. The molecular formula is C21H19NS. The molecule has 2 aromatic carbocycles. The predicted molar refractivity (Wildman–Crippen MR) is 101 cm³/mol. The smallest absolute Gasteiger partial charge is 0.116 e. The van der Waals surface area contributed by atoms with Crippen LogP contribution in [0.4, 0.5) is 0 Å². The quantitative estimate of drug-likeness (QED) is 0.519. The number of benzene rings is 2. The first-order chi connectivity index (χ1) is 11.2. The van der Waals surface area contributed by atoms with Gasteiger partial charge in [-0.25, -0.2) is 4.98 Å². The van der Waals surface area contributed by atoms with Gasteiger partial charge >= 0.3 is 0 Å². The summed E-state index contributed by atoms with van der Waals surface area (Å²) in [6, 6.07) is 18.8. The minimum absolute atomic E-state index is 1.03. The van der Waals surface area contributed by atoms with Crippen molar-refractivity contribution >= 4 is 23.5 Å². The Balaban J connectivity index is 1.73. The summed E-state index contributed by atoms with van der Waals surface area (Å²) in [4.78, 5) is 4.69. The first-order valence-electron chi connectivity index (χ1n) is 7.65. The van der Waals surface area contributed by atoms with Gasteiger partial charge in [0, 0.05) is 10.9 Å². The topological polar surface area (TPSA) is 12.9 Å². The summed E-state index contributed by atoms with van der Waals surface area (Å²) in [7, 11) is 0. The Morgan fingerprint density at radius 3 is 2.48 bits per heavy atom. The molecule has 0 aliphatic rings. The first kappa shape index (κ1) is 15.4. The Morgan fingerprint density at radius 2 is 1.74 bits per heavy atom. The highest BCUT2D eigenvalue weighted by Gasteiger charge is 2.02. The summed E-state index contributed by atoms with van der Waals surface area (Å²) in [5.41, 5.74) is 5.91. The molecule has 1 heterocycles. The summed E-state index contributed by atoms with van der Waals surface area (Å²) in [5.74, 6) is 0. The van der Waals surface area contributed by atoms with Gasteiger partial charge < -0.3 is 0 Å². The highest BCUT2D eigenvalue weighted by molar-refractivity contribution is 7.10. The molecule has 0 saturated carbocycles. The van der Waals surface area contributed by atoms with Gasteiger partial charge in [0.05, 0.1) is 5.69 Å². The second-order valence-electron chi connectivity index (χ2n) is 5.57. The first-order valence-corrected chi connectivity index (χ1v) is 8.53. The maximum Gasteiger partial charge on any atom is 0.116 e. The molecule has 0 fully saturated rings. The second kappa shape index (κ2) is 7.21. The number of allylic oxidation sites excluding steroid dienone is 2. The average molecular weight is 317 g/mol. The van der Waals surface area contributed by atoms with Crippen LogP contribution >= 0.6 is 11.3 Å². The van der Waals surface area contributed by atoms with E-state index < -0.39 is 0 Å². The molecule has 0 radical (unpaired) electrons. The van der Waals surface area contributed by atoms with Gasteiger partial charge in [0.15, 0.2) is 0 Å². The zero-order valence-electron chi connectivity index (χ0n) is 13.4. The maximum absolute atomic E-state index is 4.69. The normalized spacial score (nSPS) is 12.0.